The highest BCUT2D eigenvalue weighted by atomic mass is 32.2. The van der Waals surface area contributed by atoms with E-state index in [0.29, 0.717) is 22.8 Å². The van der Waals surface area contributed by atoms with E-state index in [2.05, 4.69) is 0 Å². The van der Waals surface area contributed by atoms with Crippen LogP contribution in [0.15, 0.2) is 48.5 Å². The van der Waals surface area contributed by atoms with Crippen LogP contribution in [0, 0.1) is 5.92 Å². The normalized spacial score (nSPS) is 18.1. The number of ether oxygens (including phenoxy) is 2. The number of rotatable bonds is 14. The first kappa shape index (κ1) is 42.1. The van der Waals surface area contributed by atoms with Crippen LogP contribution in [-0.2, 0) is 51.6 Å². The highest BCUT2D eigenvalue weighted by Crippen LogP contribution is 2.39. The average Bonchev–Trinajstić information content (AvgIpc) is 3.52. The van der Waals surface area contributed by atoms with Gasteiger partial charge in [-0.3, -0.25) is 19.2 Å². The lowest BCUT2D eigenvalue weighted by Gasteiger charge is -2.31. The number of hydrogen-bond acceptors (Lipinski definition) is 8. The Kier molecular flexibility index (Phi) is 13.1. The number of sulfone groups is 1. The number of hydrogen-bond donors (Lipinski definition) is 2. The molecular formula is C32H35F8N3O8S. The molecule has 0 radical (unpaired) electrons. The summed E-state index contributed by atoms with van der Waals surface area (Å²) in [4.78, 5) is 52.9. The molecule has 0 bridgehead atoms. The number of benzene rings is 2. The van der Waals surface area contributed by atoms with Gasteiger partial charge in [-0.05, 0) is 36.1 Å². The Balaban J connectivity index is 2.00. The Labute approximate surface area is 292 Å². The Morgan fingerprint density at radius 1 is 0.885 bits per heavy atom. The van der Waals surface area contributed by atoms with E-state index in [4.69, 9.17) is 9.47 Å². The monoisotopic (exact) mass is 773 g/mol. The number of amides is 3. The number of ketones is 1. The van der Waals surface area contributed by atoms with Crippen LogP contribution < -0.4 is 15.4 Å². The number of alkyl halides is 8. The predicted octanol–water partition coefficient (Wildman–Crippen LogP) is 3.79. The third kappa shape index (κ3) is 9.75. The second-order valence-corrected chi connectivity index (χ2v) is 14.5. The van der Waals surface area contributed by atoms with Gasteiger partial charge in [-0.15, -0.1) is 0 Å². The maximum absolute atomic E-state index is 15.3. The molecule has 4 atom stereocenters. The first-order valence-electron chi connectivity index (χ1n) is 15.4. The molecule has 0 aromatic heterocycles. The van der Waals surface area contributed by atoms with Crippen molar-refractivity contribution in [2.75, 3.05) is 27.4 Å². The van der Waals surface area contributed by atoms with Gasteiger partial charge < -0.3 is 25.0 Å². The average molecular weight is 774 g/mol. The molecular weight excluding hydrogens is 738 g/mol. The number of nitrogens with one attached hydrogen (secondary N) is 2. The van der Waals surface area contributed by atoms with Crippen LogP contribution in [0.2, 0.25) is 0 Å². The van der Waals surface area contributed by atoms with Crippen LogP contribution in [0.3, 0.4) is 0 Å². The fourth-order valence-electron chi connectivity index (χ4n) is 5.50. The van der Waals surface area contributed by atoms with E-state index in [9.17, 15) is 53.9 Å². The van der Waals surface area contributed by atoms with E-state index in [1.807, 2.05) is 5.32 Å². The largest absolute Gasteiger partial charge is 0.497 e. The molecule has 2 aromatic carbocycles. The molecule has 11 nitrogen and oxygen atoms in total. The highest BCUT2D eigenvalue weighted by molar-refractivity contribution is 7.91. The van der Waals surface area contributed by atoms with Crippen molar-refractivity contribution in [3.63, 3.8) is 0 Å². The van der Waals surface area contributed by atoms with E-state index in [-0.39, 0.29) is 5.56 Å². The van der Waals surface area contributed by atoms with Gasteiger partial charge in [0.2, 0.25) is 11.8 Å². The van der Waals surface area contributed by atoms with Crippen molar-refractivity contribution in [3.8, 4) is 5.75 Å². The van der Waals surface area contributed by atoms with Gasteiger partial charge in [-0.25, -0.2) is 8.42 Å². The summed E-state index contributed by atoms with van der Waals surface area (Å²) in [6, 6.07) is 1.74. The van der Waals surface area contributed by atoms with Gasteiger partial charge in [0.1, 0.15) is 17.8 Å². The molecule has 52 heavy (non-hydrogen) atoms. The second-order valence-electron chi connectivity index (χ2n) is 12.2. The van der Waals surface area contributed by atoms with E-state index < -0.39 is 117 Å². The third-order valence-electron chi connectivity index (χ3n) is 8.20. The molecule has 2 N–H and O–H groups in total. The summed E-state index contributed by atoms with van der Waals surface area (Å²) < 4.78 is 148. The van der Waals surface area contributed by atoms with Gasteiger partial charge in [0.15, 0.2) is 9.84 Å². The Bertz CT molecular complexity index is 1730. The lowest BCUT2D eigenvalue weighted by Crippen LogP contribution is -2.59. The minimum Gasteiger partial charge on any atom is -0.497 e. The summed E-state index contributed by atoms with van der Waals surface area (Å²) in [6.07, 6.45) is -11.4. The summed E-state index contributed by atoms with van der Waals surface area (Å²) in [5.74, 6) is -13.9. The summed E-state index contributed by atoms with van der Waals surface area (Å²) in [7, 11) is -1.97. The molecule has 3 amide bonds. The molecule has 0 aliphatic carbocycles. The molecule has 2 aromatic rings. The van der Waals surface area contributed by atoms with Crippen molar-refractivity contribution in [1.29, 1.82) is 0 Å². The molecule has 1 aliphatic rings. The highest BCUT2D eigenvalue weighted by Gasteiger charge is 2.52. The topological polar surface area (TPSA) is 148 Å². The molecule has 1 heterocycles. The Hall–Kier alpha value is -4.33. The molecule has 3 rings (SSSR count). The molecule has 20 heteroatoms. The minimum atomic E-state index is -5.40. The van der Waals surface area contributed by atoms with Crippen LogP contribution in [0.1, 0.15) is 37.0 Å². The van der Waals surface area contributed by atoms with Crippen LogP contribution in [0.4, 0.5) is 35.1 Å². The van der Waals surface area contributed by atoms with Gasteiger partial charge in [0, 0.05) is 19.2 Å². The fourth-order valence-corrected chi connectivity index (χ4v) is 7.26. The van der Waals surface area contributed by atoms with Crippen molar-refractivity contribution in [2.45, 2.75) is 67.7 Å². The van der Waals surface area contributed by atoms with Crippen molar-refractivity contribution in [1.82, 2.24) is 15.5 Å². The van der Waals surface area contributed by atoms with Crippen LogP contribution in [0.5, 0.6) is 5.75 Å². The Morgan fingerprint density at radius 3 is 1.96 bits per heavy atom. The van der Waals surface area contributed by atoms with E-state index in [1.165, 1.54) is 45.2 Å². The van der Waals surface area contributed by atoms with Gasteiger partial charge in [-0.1, -0.05) is 44.2 Å². The maximum Gasteiger partial charge on any atom is 0.452 e. The summed E-state index contributed by atoms with van der Waals surface area (Å²) in [6.45, 7) is 0.597. The Morgan fingerprint density at radius 2 is 1.46 bits per heavy atom. The number of halogens is 8. The lowest BCUT2D eigenvalue weighted by atomic mass is 9.98. The zero-order chi connectivity index (χ0) is 39.4. The molecule has 0 spiro atoms. The first-order valence-corrected chi connectivity index (χ1v) is 17.1. The fraction of sp³-hybridized carbons (Fsp3) is 0.500. The summed E-state index contributed by atoms with van der Waals surface area (Å²) in [5, 5.41) is 1.93. The lowest BCUT2D eigenvalue weighted by molar-refractivity contribution is -0.175. The standard InChI is InChI=1S/C32H35F8N3O8S/c1-17(2)25(26(44)32(38,39)40)42-27(45)24-13-20(52(48,49)16-18-9-11-19(51-4)12-10-18)14-43(24)28(46)23(15-50-3)41-29(47)30(33,34)21-7-5-6-8-22(21)31(35,36)37/h5-12,17,20,23-25H,13-16H2,1-4H3,(H,41,47)(H,42,45)/t20-,23+,24+,25?/m1/s1. The second kappa shape index (κ2) is 16.1. The number of likely N-dealkylation sites (tertiary alicyclic amines) is 1. The zero-order valence-corrected chi connectivity index (χ0v) is 28.8. The number of carbonyl (C=O) groups is 4. The summed E-state index contributed by atoms with van der Waals surface area (Å²) >= 11 is 0. The SMILES string of the molecule is COC[C@H](NC(=O)C(F)(F)c1ccccc1C(F)(F)F)C(=O)N1C[C@H](S(=O)(=O)Cc2ccc(OC)cc2)C[C@H]1C(=O)NC(C(=O)C(F)(F)F)C(C)C. The van der Waals surface area contributed by atoms with Gasteiger partial charge in [-0.2, -0.15) is 35.1 Å². The quantitative estimate of drug-likeness (QED) is 0.276. The predicted molar refractivity (Wildman–Crippen MR) is 166 cm³/mol. The molecule has 1 saturated heterocycles. The van der Waals surface area contributed by atoms with Crippen molar-refractivity contribution in [3.05, 3.63) is 65.2 Å². The third-order valence-corrected chi connectivity index (χ3v) is 10.3. The molecule has 1 aliphatic heterocycles. The van der Waals surface area contributed by atoms with Gasteiger partial charge in [0.25, 0.3) is 11.7 Å². The smallest absolute Gasteiger partial charge is 0.452 e. The van der Waals surface area contributed by atoms with Crippen LogP contribution in [0.25, 0.3) is 0 Å². The number of nitrogens with zero attached hydrogens (tertiary/aromatic N) is 1. The van der Waals surface area contributed by atoms with E-state index in [0.717, 1.165) is 19.2 Å². The molecule has 288 valence electrons. The molecule has 1 unspecified atom stereocenters. The van der Waals surface area contributed by atoms with E-state index >= 15 is 8.78 Å². The van der Waals surface area contributed by atoms with Crippen molar-refractivity contribution < 1.29 is 72.2 Å². The number of methoxy groups -OCH3 is 2. The number of Topliss-reactive ketones (excluding diaryl/α,β-unsaturated/α-hetero) is 1. The van der Waals surface area contributed by atoms with Crippen LogP contribution in [-0.4, -0.2) is 93.7 Å². The van der Waals surface area contributed by atoms with Gasteiger partial charge >= 0.3 is 18.3 Å². The molecule has 0 saturated carbocycles. The first-order chi connectivity index (χ1) is 23.9. The van der Waals surface area contributed by atoms with Gasteiger partial charge in [0.05, 0.1) is 36.3 Å². The molecule has 1 fully saturated rings. The maximum atomic E-state index is 15.3. The van der Waals surface area contributed by atoms with Crippen molar-refractivity contribution >= 4 is 33.3 Å². The number of carbonyl (C=O) groups excluding carboxylic acids is 4. The minimum absolute atomic E-state index is 0.244. The zero-order valence-electron chi connectivity index (χ0n) is 28.0. The van der Waals surface area contributed by atoms with Crippen LogP contribution >= 0.6 is 0 Å². The summed E-state index contributed by atoms with van der Waals surface area (Å²) in [5.41, 5.74) is -3.35. The van der Waals surface area contributed by atoms with Crippen molar-refractivity contribution in [2.24, 2.45) is 5.92 Å². The van der Waals surface area contributed by atoms with E-state index in [1.54, 1.807) is 5.32 Å².